The Morgan fingerprint density at radius 1 is 1.44 bits per heavy atom. The van der Waals surface area contributed by atoms with Gasteiger partial charge in [-0.25, -0.2) is 0 Å². The fraction of sp³-hybridized carbons (Fsp3) is 0.385. The molecule has 0 spiro atoms. The molecule has 0 aliphatic heterocycles. The molecule has 2 N–H and O–H groups in total. The largest absolute Gasteiger partial charge is 0.493 e. The molecule has 0 saturated carbocycles. The summed E-state index contributed by atoms with van der Waals surface area (Å²) in [6, 6.07) is 8.79. The fourth-order valence-electron chi connectivity index (χ4n) is 1.23. The molecular weight excluding hydrogens is 232 g/mol. The van der Waals surface area contributed by atoms with Crippen LogP contribution >= 0.6 is 0 Å². The van der Waals surface area contributed by atoms with E-state index in [1.165, 1.54) is 0 Å². The molecule has 96 valence electrons. The summed E-state index contributed by atoms with van der Waals surface area (Å²) in [5, 5.41) is 8.63. The predicted molar refractivity (Wildman–Crippen MR) is 66.8 cm³/mol. The lowest BCUT2D eigenvalue weighted by atomic mass is 10.3. The van der Waals surface area contributed by atoms with Crippen molar-refractivity contribution >= 4 is 11.7 Å². The van der Waals surface area contributed by atoms with Crippen LogP contribution in [0, 0.1) is 11.3 Å². The Morgan fingerprint density at radius 3 is 2.67 bits per heavy atom. The fourth-order valence-corrected chi connectivity index (χ4v) is 1.23. The zero-order valence-corrected chi connectivity index (χ0v) is 10.3. The third kappa shape index (κ3) is 4.74. The van der Waals surface area contributed by atoms with E-state index in [1.807, 2.05) is 6.07 Å². The standard InChI is InChI=1S/C13H16N2O3/c1-2-11(9-14)18-13(16)7-8-17-12-5-3-10(15)4-6-12/h3-6,11H,2,7-8,15H2,1H3. The normalized spacial score (nSPS) is 11.3. The van der Waals surface area contributed by atoms with Crippen molar-refractivity contribution in [2.45, 2.75) is 25.9 Å². The van der Waals surface area contributed by atoms with Gasteiger partial charge >= 0.3 is 5.97 Å². The molecule has 0 heterocycles. The number of carbonyl (C=O) groups is 1. The lowest BCUT2D eigenvalue weighted by Gasteiger charge is -2.09. The molecule has 1 aromatic carbocycles. The van der Waals surface area contributed by atoms with Gasteiger partial charge in [0.2, 0.25) is 0 Å². The molecule has 0 aliphatic rings. The van der Waals surface area contributed by atoms with Crippen LogP contribution in [0.4, 0.5) is 5.69 Å². The van der Waals surface area contributed by atoms with E-state index in [9.17, 15) is 4.79 Å². The number of anilines is 1. The van der Waals surface area contributed by atoms with Gasteiger partial charge in [0.05, 0.1) is 13.0 Å². The molecule has 1 atom stereocenters. The van der Waals surface area contributed by atoms with Crippen molar-refractivity contribution in [3.05, 3.63) is 24.3 Å². The number of esters is 1. The molecule has 18 heavy (non-hydrogen) atoms. The van der Waals surface area contributed by atoms with Crippen molar-refractivity contribution in [3.8, 4) is 11.8 Å². The van der Waals surface area contributed by atoms with Crippen LogP contribution < -0.4 is 10.5 Å². The van der Waals surface area contributed by atoms with Crippen molar-refractivity contribution in [1.29, 1.82) is 5.26 Å². The summed E-state index contributed by atoms with van der Waals surface area (Å²) >= 11 is 0. The van der Waals surface area contributed by atoms with Crippen molar-refractivity contribution in [2.24, 2.45) is 0 Å². The molecule has 0 aromatic heterocycles. The molecule has 0 amide bonds. The lowest BCUT2D eigenvalue weighted by molar-refractivity contribution is -0.147. The first-order valence-electron chi connectivity index (χ1n) is 5.73. The maximum Gasteiger partial charge on any atom is 0.310 e. The third-order valence-electron chi connectivity index (χ3n) is 2.24. The molecule has 0 saturated heterocycles. The van der Waals surface area contributed by atoms with Crippen LogP contribution in [-0.4, -0.2) is 18.7 Å². The Morgan fingerprint density at radius 2 is 2.11 bits per heavy atom. The first-order valence-corrected chi connectivity index (χ1v) is 5.73. The van der Waals surface area contributed by atoms with Crippen LogP contribution in [0.1, 0.15) is 19.8 Å². The number of nitrogens with two attached hydrogens (primary N) is 1. The minimum atomic E-state index is -0.672. The Hall–Kier alpha value is -2.22. The van der Waals surface area contributed by atoms with Crippen molar-refractivity contribution in [1.82, 2.24) is 0 Å². The van der Waals surface area contributed by atoms with Gasteiger partial charge in [0.25, 0.3) is 0 Å². The number of hydrogen-bond donors (Lipinski definition) is 1. The average Bonchev–Trinajstić information content (AvgIpc) is 2.38. The maximum absolute atomic E-state index is 11.3. The van der Waals surface area contributed by atoms with Crippen molar-refractivity contribution < 1.29 is 14.3 Å². The minimum absolute atomic E-state index is 0.114. The molecule has 0 radical (unpaired) electrons. The van der Waals surface area contributed by atoms with Gasteiger partial charge in [-0.3, -0.25) is 4.79 Å². The Labute approximate surface area is 106 Å². The van der Waals surface area contributed by atoms with Gasteiger partial charge in [0.1, 0.15) is 11.8 Å². The van der Waals surface area contributed by atoms with Gasteiger partial charge in [-0.1, -0.05) is 6.92 Å². The predicted octanol–water partition coefficient (Wildman–Crippen LogP) is 1.88. The first kappa shape index (κ1) is 13.8. The highest BCUT2D eigenvalue weighted by Crippen LogP contribution is 2.13. The monoisotopic (exact) mass is 248 g/mol. The topological polar surface area (TPSA) is 85.3 Å². The number of nitriles is 1. The number of nitrogen functional groups attached to an aromatic ring is 1. The Kier molecular flexibility index (Phi) is 5.52. The highest BCUT2D eigenvalue weighted by atomic mass is 16.5. The van der Waals surface area contributed by atoms with E-state index in [2.05, 4.69) is 0 Å². The second kappa shape index (κ2) is 7.17. The van der Waals surface area contributed by atoms with Gasteiger partial charge in [-0.05, 0) is 30.7 Å². The molecule has 5 heteroatoms. The number of carbonyl (C=O) groups excluding carboxylic acids is 1. The maximum atomic E-state index is 11.3. The third-order valence-corrected chi connectivity index (χ3v) is 2.24. The second-order valence-corrected chi connectivity index (χ2v) is 3.68. The summed E-state index contributed by atoms with van der Waals surface area (Å²) in [5.41, 5.74) is 6.18. The van der Waals surface area contributed by atoms with Crippen LogP contribution in [0.2, 0.25) is 0 Å². The summed E-state index contributed by atoms with van der Waals surface area (Å²) in [7, 11) is 0. The highest BCUT2D eigenvalue weighted by Gasteiger charge is 2.11. The molecular formula is C13H16N2O3. The SMILES string of the molecule is CCC(C#N)OC(=O)CCOc1ccc(N)cc1. The molecule has 5 nitrogen and oxygen atoms in total. The Bertz CT molecular complexity index is 423. The van der Waals surface area contributed by atoms with Gasteiger partial charge in [0, 0.05) is 5.69 Å². The molecule has 1 unspecified atom stereocenters. The van der Waals surface area contributed by atoms with Crippen LogP contribution in [0.25, 0.3) is 0 Å². The van der Waals surface area contributed by atoms with E-state index in [0.29, 0.717) is 17.9 Å². The van der Waals surface area contributed by atoms with Gasteiger partial charge < -0.3 is 15.2 Å². The van der Waals surface area contributed by atoms with E-state index in [0.717, 1.165) is 0 Å². The Balaban J connectivity index is 2.27. The minimum Gasteiger partial charge on any atom is -0.493 e. The van der Waals surface area contributed by atoms with Crippen LogP contribution in [0.5, 0.6) is 5.75 Å². The smallest absolute Gasteiger partial charge is 0.310 e. The summed E-state index contributed by atoms with van der Waals surface area (Å²) < 4.78 is 10.2. The van der Waals surface area contributed by atoms with Crippen LogP contribution in [0.15, 0.2) is 24.3 Å². The van der Waals surface area contributed by atoms with Gasteiger partial charge in [-0.2, -0.15) is 5.26 Å². The van der Waals surface area contributed by atoms with Crippen molar-refractivity contribution in [3.63, 3.8) is 0 Å². The molecule has 1 aromatic rings. The summed E-state index contributed by atoms with van der Waals surface area (Å²) in [6.45, 7) is 2.00. The van der Waals surface area contributed by atoms with Crippen molar-refractivity contribution in [2.75, 3.05) is 12.3 Å². The van der Waals surface area contributed by atoms with E-state index >= 15 is 0 Å². The summed E-state index contributed by atoms with van der Waals surface area (Å²) in [4.78, 5) is 11.3. The summed E-state index contributed by atoms with van der Waals surface area (Å²) in [5.74, 6) is 0.211. The second-order valence-electron chi connectivity index (χ2n) is 3.68. The van der Waals surface area contributed by atoms with Gasteiger partial charge in [-0.15, -0.1) is 0 Å². The number of rotatable bonds is 6. The van der Waals surface area contributed by atoms with Gasteiger partial charge in [0.15, 0.2) is 6.10 Å². The number of ether oxygens (including phenoxy) is 2. The van der Waals surface area contributed by atoms with E-state index in [-0.39, 0.29) is 13.0 Å². The van der Waals surface area contributed by atoms with E-state index in [4.69, 9.17) is 20.5 Å². The quantitative estimate of drug-likeness (QED) is 0.613. The van der Waals surface area contributed by atoms with Crippen LogP contribution in [-0.2, 0) is 9.53 Å². The molecule has 1 rings (SSSR count). The average molecular weight is 248 g/mol. The lowest BCUT2D eigenvalue weighted by Crippen LogP contribution is -2.17. The molecule has 0 aliphatic carbocycles. The zero-order valence-electron chi connectivity index (χ0n) is 10.3. The van der Waals surface area contributed by atoms with E-state index in [1.54, 1.807) is 31.2 Å². The first-order chi connectivity index (χ1) is 8.65. The number of nitrogens with zero attached hydrogens (tertiary/aromatic N) is 1. The number of hydrogen-bond acceptors (Lipinski definition) is 5. The molecule has 0 fully saturated rings. The zero-order chi connectivity index (χ0) is 13.4. The van der Waals surface area contributed by atoms with E-state index < -0.39 is 12.1 Å². The molecule has 0 bridgehead atoms. The number of benzene rings is 1. The van der Waals surface area contributed by atoms with Crippen LogP contribution in [0.3, 0.4) is 0 Å². The highest BCUT2D eigenvalue weighted by molar-refractivity contribution is 5.69. The summed E-state index contributed by atoms with van der Waals surface area (Å²) in [6.07, 6.45) is -0.0714.